The van der Waals surface area contributed by atoms with E-state index in [9.17, 15) is 0 Å². The van der Waals surface area contributed by atoms with Gasteiger partial charge in [-0.25, -0.2) is 0 Å². The molecular weight excluding hydrogens is 208 g/mol. The summed E-state index contributed by atoms with van der Waals surface area (Å²) in [5, 5.41) is 6.60. The van der Waals surface area contributed by atoms with Gasteiger partial charge in [0.25, 0.3) is 0 Å². The van der Waals surface area contributed by atoms with Crippen LogP contribution in [0.3, 0.4) is 0 Å². The van der Waals surface area contributed by atoms with Crippen LogP contribution in [-0.2, 0) is 0 Å². The number of rotatable bonds is 0. The second kappa shape index (κ2) is 18.3. The van der Waals surface area contributed by atoms with Gasteiger partial charge in [0.05, 0.1) is 0 Å². The summed E-state index contributed by atoms with van der Waals surface area (Å²) in [5.74, 6) is 0.973. The van der Waals surface area contributed by atoms with E-state index in [1.807, 2.05) is 27.7 Å². The third-order valence-corrected chi connectivity index (χ3v) is 2.83. The summed E-state index contributed by atoms with van der Waals surface area (Å²) >= 11 is 0. The zero-order chi connectivity index (χ0) is 13.4. The van der Waals surface area contributed by atoms with Crippen LogP contribution < -0.4 is 10.6 Å². The third-order valence-electron chi connectivity index (χ3n) is 2.83. The topological polar surface area (TPSA) is 24.1 Å². The van der Waals surface area contributed by atoms with Crippen molar-refractivity contribution in [2.24, 2.45) is 5.92 Å². The average molecular weight is 244 g/mol. The molecule has 2 aliphatic heterocycles. The predicted octanol–water partition coefficient (Wildman–Crippen LogP) is 3.82. The fraction of sp³-hybridized carbons (Fsp3) is 1.00. The van der Waals surface area contributed by atoms with E-state index in [-0.39, 0.29) is 0 Å². The van der Waals surface area contributed by atoms with Crippen molar-refractivity contribution < 1.29 is 0 Å². The maximum absolute atomic E-state index is 3.32. The summed E-state index contributed by atoms with van der Waals surface area (Å²) in [7, 11) is 0. The van der Waals surface area contributed by atoms with Crippen molar-refractivity contribution in [2.45, 2.75) is 66.7 Å². The van der Waals surface area contributed by atoms with Gasteiger partial charge in [-0.3, -0.25) is 0 Å². The first-order valence-corrected chi connectivity index (χ1v) is 7.81. The van der Waals surface area contributed by atoms with Crippen molar-refractivity contribution in [1.82, 2.24) is 10.6 Å². The molecule has 0 saturated carbocycles. The van der Waals surface area contributed by atoms with Gasteiger partial charge in [0.1, 0.15) is 0 Å². The van der Waals surface area contributed by atoms with Gasteiger partial charge >= 0.3 is 0 Å². The molecule has 2 heterocycles. The van der Waals surface area contributed by atoms with E-state index in [1.54, 1.807) is 0 Å². The standard InChI is InChI=1S/C6H13N.C5H11N.2C2H6/c1-6-2-4-7-5-3-6;1-2-4-6-5-3-1;2*1-2/h6-7H,2-5H2,1H3;6H,1-5H2;2*1-2H3. The van der Waals surface area contributed by atoms with E-state index in [0.29, 0.717) is 0 Å². The molecular formula is C15H36N2. The van der Waals surface area contributed by atoms with Crippen molar-refractivity contribution in [2.75, 3.05) is 26.2 Å². The van der Waals surface area contributed by atoms with Crippen LogP contribution in [-0.4, -0.2) is 26.2 Å². The molecule has 106 valence electrons. The van der Waals surface area contributed by atoms with Crippen LogP contribution >= 0.6 is 0 Å². The molecule has 17 heavy (non-hydrogen) atoms. The summed E-state index contributed by atoms with van der Waals surface area (Å²) in [6, 6.07) is 0. The fourth-order valence-electron chi connectivity index (χ4n) is 1.77. The maximum Gasteiger partial charge on any atom is -0.00464 e. The van der Waals surface area contributed by atoms with Crippen molar-refractivity contribution in [3.8, 4) is 0 Å². The van der Waals surface area contributed by atoms with Crippen LogP contribution in [0, 0.1) is 5.92 Å². The molecule has 0 aromatic heterocycles. The molecule has 2 saturated heterocycles. The highest BCUT2D eigenvalue weighted by Gasteiger charge is 2.05. The molecule has 2 nitrogen and oxygen atoms in total. The molecule has 0 spiro atoms. The summed E-state index contributed by atoms with van der Waals surface area (Å²) < 4.78 is 0. The number of nitrogens with one attached hydrogen (secondary N) is 2. The fourth-order valence-corrected chi connectivity index (χ4v) is 1.77. The van der Waals surface area contributed by atoms with Gasteiger partial charge in [0, 0.05) is 0 Å². The smallest absolute Gasteiger partial charge is 0.00464 e. The predicted molar refractivity (Wildman–Crippen MR) is 80.7 cm³/mol. The van der Waals surface area contributed by atoms with E-state index in [2.05, 4.69) is 17.6 Å². The zero-order valence-electron chi connectivity index (χ0n) is 12.9. The van der Waals surface area contributed by atoms with Crippen LogP contribution in [0.5, 0.6) is 0 Å². The van der Waals surface area contributed by atoms with Crippen molar-refractivity contribution in [1.29, 1.82) is 0 Å². The number of hydrogen-bond acceptors (Lipinski definition) is 2. The van der Waals surface area contributed by atoms with Crippen LogP contribution in [0.15, 0.2) is 0 Å². The molecule has 0 radical (unpaired) electrons. The maximum atomic E-state index is 3.32. The van der Waals surface area contributed by atoms with Gasteiger partial charge in [-0.05, 0) is 57.8 Å². The first-order chi connectivity index (χ1) is 8.39. The van der Waals surface area contributed by atoms with E-state index < -0.39 is 0 Å². The van der Waals surface area contributed by atoms with Crippen LogP contribution in [0.4, 0.5) is 0 Å². The minimum absolute atomic E-state index is 0.973. The minimum Gasteiger partial charge on any atom is -0.317 e. The Morgan fingerprint density at radius 2 is 1.06 bits per heavy atom. The quantitative estimate of drug-likeness (QED) is 0.677. The normalized spacial score (nSPS) is 19.6. The molecule has 0 bridgehead atoms. The lowest BCUT2D eigenvalue weighted by molar-refractivity contribution is 0.402. The lowest BCUT2D eigenvalue weighted by atomic mass is 10.0. The summed E-state index contributed by atoms with van der Waals surface area (Å²) in [6.45, 7) is 15.3. The van der Waals surface area contributed by atoms with Gasteiger partial charge in [0.15, 0.2) is 0 Å². The van der Waals surface area contributed by atoms with E-state index in [4.69, 9.17) is 0 Å². The summed E-state index contributed by atoms with van der Waals surface area (Å²) in [4.78, 5) is 0. The summed E-state index contributed by atoms with van der Waals surface area (Å²) in [6.07, 6.45) is 6.97. The van der Waals surface area contributed by atoms with Gasteiger partial charge in [-0.15, -0.1) is 0 Å². The number of hydrogen-bond donors (Lipinski definition) is 2. The van der Waals surface area contributed by atoms with Gasteiger partial charge < -0.3 is 10.6 Å². The number of piperidine rings is 2. The molecule has 2 aliphatic rings. The van der Waals surface area contributed by atoms with E-state index in [1.165, 1.54) is 58.3 Å². The molecule has 2 rings (SSSR count). The minimum atomic E-state index is 0.973. The highest BCUT2D eigenvalue weighted by molar-refractivity contribution is 4.62. The SMILES string of the molecule is C1CCNCC1.CC.CC.CC1CCNCC1. The lowest BCUT2D eigenvalue weighted by Crippen LogP contribution is -2.26. The molecule has 2 fully saturated rings. The van der Waals surface area contributed by atoms with Gasteiger partial charge in [0.2, 0.25) is 0 Å². The molecule has 0 aliphatic carbocycles. The average Bonchev–Trinajstić information content (AvgIpc) is 2.47. The Bertz CT molecular complexity index is 94.0. The molecule has 2 heteroatoms. The molecule has 2 N–H and O–H groups in total. The Balaban J connectivity index is 0. The van der Waals surface area contributed by atoms with Crippen LogP contribution in [0.25, 0.3) is 0 Å². The third kappa shape index (κ3) is 15.9. The zero-order valence-corrected chi connectivity index (χ0v) is 12.9. The monoisotopic (exact) mass is 244 g/mol. The molecule has 0 aromatic carbocycles. The molecule has 0 unspecified atom stereocenters. The van der Waals surface area contributed by atoms with E-state index >= 15 is 0 Å². The highest BCUT2D eigenvalue weighted by atomic mass is 14.9. The van der Waals surface area contributed by atoms with Crippen molar-refractivity contribution in [3.63, 3.8) is 0 Å². The largest absolute Gasteiger partial charge is 0.317 e. The Morgan fingerprint density at radius 1 is 0.647 bits per heavy atom. The second-order valence-electron chi connectivity index (χ2n) is 4.24. The second-order valence-corrected chi connectivity index (χ2v) is 4.24. The first kappa shape index (κ1) is 19.3. The Labute approximate surface area is 110 Å². The highest BCUT2D eigenvalue weighted by Crippen LogP contribution is 2.08. The van der Waals surface area contributed by atoms with Crippen molar-refractivity contribution >= 4 is 0 Å². The van der Waals surface area contributed by atoms with Crippen LogP contribution in [0.2, 0.25) is 0 Å². The molecule has 0 atom stereocenters. The lowest BCUT2D eigenvalue weighted by Gasteiger charge is -2.17. The Hall–Kier alpha value is -0.0800. The molecule has 0 amide bonds. The Morgan fingerprint density at radius 3 is 1.24 bits per heavy atom. The van der Waals surface area contributed by atoms with Crippen molar-refractivity contribution in [3.05, 3.63) is 0 Å². The Kier molecular flexibility index (Phi) is 20.7. The first-order valence-electron chi connectivity index (χ1n) is 7.81. The molecule has 0 aromatic rings. The van der Waals surface area contributed by atoms with Gasteiger partial charge in [-0.1, -0.05) is 41.0 Å². The van der Waals surface area contributed by atoms with E-state index in [0.717, 1.165) is 5.92 Å². The van der Waals surface area contributed by atoms with Crippen LogP contribution in [0.1, 0.15) is 66.7 Å². The summed E-state index contributed by atoms with van der Waals surface area (Å²) in [5.41, 5.74) is 0. The van der Waals surface area contributed by atoms with Gasteiger partial charge in [-0.2, -0.15) is 0 Å².